The van der Waals surface area contributed by atoms with Crippen molar-refractivity contribution in [2.24, 2.45) is 0 Å². The number of hydrogen-bond donors (Lipinski definition) is 2. The maximum Gasteiger partial charge on any atom is 0.307 e. The average molecular weight is 355 g/mol. The summed E-state index contributed by atoms with van der Waals surface area (Å²) in [6.07, 6.45) is 2.60. The van der Waals surface area contributed by atoms with E-state index in [1.54, 1.807) is 29.2 Å². The van der Waals surface area contributed by atoms with Crippen LogP contribution in [0.4, 0.5) is 0 Å². The molecular weight excluding hydrogens is 334 g/mol. The zero-order valence-electron chi connectivity index (χ0n) is 14.7. The van der Waals surface area contributed by atoms with Crippen molar-refractivity contribution in [3.05, 3.63) is 53.9 Å². The SMILES string of the molecule is CC(C)OCC(O)c1cnc2c(cnn2-c2ccc(CC(=O)O)cc2)c1. The van der Waals surface area contributed by atoms with Crippen LogP contribution in [0.15, 0.2) is 42.7 Å². The number of carboxylic acid groups (broad SMARTS) is 1. The molecule has 1 unspecified atom stereocenters. The third-order valence-electron chi connectivity index (χ3n) is 3.94. The molecule has 7 heteroatoms. The summed E-state index contributed by atoms with van der Waals surface area (Å²) in [6.45, 7) is 4.05. The minimum Gasteiger partial charge on any atom is -0.481 e. The van der Waals surface area contributed by atoms with Crippen molar-refractivity contribution in [1.29, 1.82) is 0 Å². The van der Waals surface area contributed by atoms with Gasteiger partial charge in [-0.1, -0.05) is 12.1 Å². The molecule has 3 aromatic rings. The van der Waals surface area contributed by atoms with Crippen LogP contribution in [-0.4, -0.2) is 43.7 Å². The number of benzene rings is 1. The topological polar surface area (TPSA) is 97.5 Å². The third-order valence-corrected chi connectivity index (χ3v) is 3.94. The lowest BCUT2D eigenvalue weighted by Crippen LogP contribution is -2.12. The summed E-state index contributed by atoms with van der Waals surface area (Å²) in [6, 6.07) is 8.99. The highest BCUT2D eigenvalue weighted by Crippen LogP contribution is 2.21. The van der Waals surface area contributed by atoms with Gasteiger partial charge in [-0.15, -0.1) is 0 Å². The number of rotatable bonds is 7. The summed E-state index contributed by atoms with van der Waals surface area (Å²) in [4.78, 5) is 15.2. The quantitative estimate of drug-likeness (QED) is 0.676. The van der Waals surface area contributed by atoms with Crippen LogP contribution in [0.3, 0.4) is 0 Å². The molecule has 1 atom stereocenters. The second-order valence-electron chi connectivity index (χ2n) is 6.37. The molecule has 0 amide bonds. The van der Waals surface area contributed by atoms with Crippen LogP contribution in [0.5, 0.6) is 0 Å². The van der Waals surface area contributed by atoms with Crippen molar-refractivity contribution in [2.45, 2.75) is 32.5 Å². The number of aliphatic carboxylic acids is 1. The van der Waals surface area contributed by atoms with Crippen LogP contribution in [0.1, 0.15) is 31.1 Å². The standard InChI is InChI=1S/C19H21N3O4/c1-12(2)26-11-17(23)14-8-15-10-21-22(19(15)20-9-14)16-5-3-13(4-6-16)7-18(24)25/h3-6,8-10,12,17,23H,7,11H2,1-2H3,(H,24,25). The second kappa shape index (κ2) is 7.63. The molecule has 7 nitrogen and oxygen atoms in total. The number of fused-ring (bicyclic) bond motifs is 1. The molecule has 0 aliphatic carbocycles. The van der Waals surface area contributed by atoms with E-state index in [-0.39, 0.29) is 19.1 Å². The minimum absolute atomic E-state index is 0.0158. The number of aliphatic hydroxyl groups is 1. The molecule has 0 saturated heterocycles. The Morgan fingerprint density at radius 3 is 2.62 bits per heavy atom. The molecule has 0 bridgehead atoms. The Labute approximate surface area is 150 Å². The van der Waals surface area contributed by atoms with Gasteiger partial charge in [0.2, 0.25) is 0 Å². The summed E-state index contributed by atoms with van der Waals surface area (Å²) >= 11 is 0. The van der Waals surface area contributed by atoms with E-state index in [1.807, 2.05) is 32.0 Å². The maximum atomic E-state index is 10.8. The molecule has 1 aromatic carbocycles. The number of carboxylic acids is 1. The van der Waals surface area contributed by atoms with Gasteiger partial charge in [0.15, 0.2) is 5.65 Å². The number of pyridine rings is 1. The largest absolute Gasteiger partial charge is 0.481 e. The maximum absolute atomic E-state index is 10.8. The predicted octanol–water partition coefficient (Wildman–Crippen LogP) is 2.51. The van der Waals surface area contributed by atoms with Crippen LogP contribution in [0.25, 0.3) is 16.7 Å². The van der Waals surface area contributed by atoms with Crippen molar-refractivity contribution in [3.8, 4) is 5.69 Å². The van der Waals surface area contributed by atoms with Gasteiger partial charge in [0.05, 0.1) is 31.0 Å². The molecular formula is C19H21N3O4. The summed E-state index contributed by atoms with van der Waals surface area (Å²) in [5.41, 5.74) is 2.85. The number of hydrogen-bond acceptors (Lipinski definition) is 5. The van der Waals surface area contributed by atoms with Gasteiger partial charge in [-0.05, 0) is 37.6 Å². The van der Waals surface area contributed by atoms with Crippen molar-refractivity contribution in [2.75, 3.05) is 6.61 Å². The van der Waals surface area contributed by atoms with Gasteiger partial charge in [-0.25, -0.2) is 9.67 Å². The van der Waals surface area contributed by atoms with Gasteiger partial charge in [-0.3, -0.25) is 4.79 Å². The average Bonchev–Trinajstić information content (AvgIpc) is 3.03. The van der Waals surface area contributed by atoms with Crippen molar-refractivity contribution in [1.82, 2.24) is 14.8 Å². The molecule has 2 N–H and O–H groups in total. The van der Waals surface area contributed by atoms with E-state index < -0.39 is 12.1 Å². The van der Waals surface area contributed by atoms with E-state index in [9.17, 15) is 9.90 Å². The van der Waals surface area contributed by atoms with Gasteiger partial charge >= 0.3 is 5.97 Å². The number of aliphatic hydroxyl groups excluding tert-OH is 1. The molecule has 2 heterocycles. The monoisotopic (exact) mass is 355 g/mol. The van der Waals surface area contributed by atoms with Gasteiger partial charge in [0.25, 0.3) is 0 Å². The van der Waals surface area contributed by atoms with Crippen LogP contribution in [0.2, 0.25) is 0 Å². The fourth-order valence-electron chi connectivity index (χ4n) is 2.62. The zero-order chi connectivity index (χ0) is 18.7. The molecule has 0 aliphatic heterocycles. The second-order valence-corrected chi connectivity index (χ2v) is 6.37. The lowest BCUT2D eigenvalue weighted by atomic mass is 10.1. The number of aromatic nitrogens is 3. The molecule has 26 heavy (non-hydrogen) atoms. The first-order valence-electron chi connectivity index (χ1n) is 8.38. The van der Waals surface area contributed by atoms with E-state index >= 15 is 0 Å². The lowest BCUT2D eigenvalue weighted by molar-refractivity contribution is -0.136. The fourth-order valence-corrected chi connectivity index (χ4v) is 2.62. The molecule has 0 fully saturated rings. The van der Waals surface area contributed by atoms with Gasteiger partial charge in [0.1, 0.15) is 6.10 Å². The van der Waals surface area contributed by atoms with Crippen molar-refractivity contribution >= 4 is 17.0 Å². The Balaban J connectivity index is 1.84. The highest BCUT2D eigenvalue weighted by molar-refractivity contribution is 5.77. The zero-order valence-corrected chi connectivity index (χ0v) is 14.7. The Hall–Kier alpha value is -2.77. The summed E-state index contributed by atoms with van der Waals surface area (Å²) in [5, 5.41) is 24.2. The molecule has 0 radical (unpaired) electrons. The molecule has 2 aromatic heterocycles. The number of carbonyl (C=O) groups is 1. The first kappa shape index (κ1) is 18.0. The van der Waals surface area contributed by atoms with Crippen LogP contribution < -0.4 is 0 Å². The smallest absolute Gasteiger partial charge is 0.307 e. The molecule has 3 rings (SSSR count). The summed E-state index contributed by atoms with van der Waals surface area (Å²) < 4.78 is 7.12. The van der Waals surface area contributed by atoms with Gasteiger partial charge in [-0.2, -0.15) is 5.10 Å². The highest BCUT2D eigenvalue weighted by atomic mass is 16.5. The van der Waals surface area contributed by atoms with E-state index in [4.69, 9.17) is 9.84 Å². The number of ether oxygens (including phenoxy) is 1. The Morgan fingerprint density at radius 1 is 1.23 bits per heavy atom. The van der Waals surface area contributed by atoms with Gasteiger partial charge in [0, 0.05) is 17.1 Å². The van der Waals surface area contributed by atoms with Crippen LogP contribution >= 0.6 is 0 Å². The predicted molar refractivity (Wildman–Crippen MR) is 96.3 cm³/mol. The third kappa shape index (κ3) is 4.07. The Morgan fingerprint density at radius 2 is 1.96 bits per heavy atom. The van der Waals surface area contributed by atoms with Crippen molar-refractivity contribution in [3.63, 3.8) is 0 Å². The van der Waals surface area contributed by atoms with E-state index in [2.05, 4.69) is 10.1 Å². The number of nitrogens with zero attached hydrogens (tertiary/aromatic N) is 3. The van der Waals surface area contributed by atoms with Crippen LogP contribution in [-0.2, 0) is 16.0 Å². The lowest BCUT2D eigenvalue weighted by Gasteiger charge is -2.13. The molecule has 136 valence electrons. The molecule has 0 aliphatic rings. The van der Waals surface area contributed by atoms with E-state index in [1.165, 1.54) is 0 Å². The highest BCUT2D eigenvalue weighted by Gasteiger charge is 2.13. The van der Waals surface area contributed by atoms with Crippen molar-refractivity contribution < 1.29 is 19.7 Å². The Kier molecular flexibility index (Phi) is 5.29. The molecule has 0 saturated carbocycles. The minimum atomic E-state index is -0.864. The van der Waals surface area contributed by atoms with Gasteiger partial charge < -0.3 is 14.9 Å². The van der Waals surface area contributed by atoms with E-state index in [0.29, 0.717) is 11.2 Å². The molecule has 0 spiro atoms. The fraction of sp³-hybridized carbons (Fsp3) is 0.316. The normalized spacial score (nSPS) is 12.6. The Bertz CT molecular complexity index is 903. The summed E-state index contributed by atoms with van der Waals surface area (Å²) in [7, 11) is 0. The van der Waals surface area contributed by atoms with Crippen LogP contribution in [0, 0.1) is 0 Å². The van der Waals surface area contributed by atoms with E-state index in [0.717, 1.165) is 16.6 Å². The summed E-state index contributed by atoms with van der Waals surface area (Å²) in [5.74, 6) is -0.864. The first-order chi connectivity index (χ1) is 12.4. The first-order valence-corrected chi connectivity index (χ1v) is 8.38.